The zero-order valence-corrected chi connectivity index (χ0v) is 12.3. The third kappa shape index (κ3) is 4.03. The van der Waals surface area contributed by atoms with Gasteiger partial charge in [-0.1, -0.05) is 6.92 Å². The maximum Gasteiger partial charge on any atom is 0.219 e. The highest BCUT2D eigenvalue weighted by atomic mass is 16.5. The van der Waals surface area contributed by atoms with Crippen LogP contribution in [-0.4, -0.2) is 16.5 Å². The molecule has 1 atom stereocenters. The van der Waals surface area contributed by atoms with Gasteiger partial charge in [0.15, 0.2) is 0 Å². The van der Waals surface area contributed by atoms with E-state index in [1.165, 1.54) is 5.56 Å². The van der Waals surface area contributed by atoms with E-state index < -0.39 is 0 Å². The van der Waals surface area contributed by atoms with Crippen LogP contribution in [0.15, 0.2) is 36.7 Å². The van der Waals surface area contributed by atoms with Gasteiger partial charge in [0.1, 0.15) is 5.75 Å². The van der Waals surface area contributed by atoms with Crippen LogP contribution >= 0.6 is 0 Å². The largest absolute Gasteiger partial charge is 0.437 e. The summed E-state index contributed by atoms with van der Waals surface area (Å²) < 4.78 is 5.73. The van der Waals surface area contributed by atoms with Crippen molar-refractivity contribution >= 4 is 0 Å². The predicted octanol–water partition coefficient (Wildman–Crippen LogP) is 3.64. The summed E-state index contributed by atoms with van der Waals surface area (Å²) in [6.45, 7) is 7.25. The van der Waals surface area contributed by atoms with Gasteiger partial charge in [-0.05, 0) is 50.6 Å². The zero-order chi connectivity index (χ0) is 14.4. The number of hydrogen-bond acceptors (Lipinski definition) is 4. The van der Waals surface area contributed by atoms with Gasteiger partial charge in [0.2, 0.25) is 5.88 Å². The van der Waals surface area contributed by atoms with Crippen molar-refractivity contribution in [3.05, 3.63) is 47.9 Å². The average Bonchev–Trinajstić information content (AvgIpc) is 2.47. The van der Waals surface area contributed by atoms with Crippen LogP contribution in [-0.2, 0) is 0 Å². The van der Waals surface area contributed by atoms with E-state index in [2.05, 4.69) is 29.1 Å². The molecule has 1 unspecified atom stereocenters. The van der Waals surface area contributed by atoms with E-state index in [1.807, 2.05) is 31.2 Å². The topological polar surface area (TPSA) is 47.0 Å². The molecule has 20 heavy (non-hydrogen) atoms. The number of hydrogen-bond donors (Lipinski definition) is 1. The van der Waals surface area contributed by atoms with Crippen LogP contribution < -0.4 is 10.1 Å². The molecule has 0 saturated heterocycles. The number of ether oxygens (including phenoxy) is 1. The molecule has 2 rings (SSSR count). The molecule has 1 N–H and O–H groups in total. The van der Waals surface area contributed by atoms with Gasteiger partial charge in [0, 0.05) is 24.0 Å². The average molecular weight is 271 g/mol. The number of pyridine rings is 2. The fraction of sp³-hybridized carbons (Fsp3) is 0.375. The van der Waals surface area contributed by atoms with Crippen molar-refractivity contribution in [3.63, 3.8) is 0 Å². The number of aryl methyl sites for hydroxylation is 1. The molecule has 2 aromatic heterocycles. The van der Waals surface area contributed by atoms with Crippen LogP contribution in [0.2, 0.25) is 0 Å². The minimum atomic E-state index is 0.288. The molecule has 0 aromatic carbocycles. The lowest BCUT2D eigenvalue weighted by Crippen LogP contribution is -2.19. The van der Waals surface area contributed by atoms with Gasteiger partial charge in [-0.2, -0.15) is 0 Å². The van der Waals surface area contributed by atoms with Crippen LogP contribution in [0.4, 0.5) is 0 Å². The monoisotopic (exact) mass is 271 g/mol. The van der Waals surface area contributed by atoms with Gasteiger partial charge in [-0.15, -0.1) is 0 Å². The van der Waals surface area contributed by atoms with E-state index in [-0.39, 0.29) is 6.04 Å². The van der Waals surface area contributed by atoms with E-state index in [9.17, 15) is 0 Å². The highest BCUT2D eigenvalue weighted by molar-refractivity contribution is 5.28. The molecule has 2 heterocycles. The molecule has 4 heteroatoms. The predicted molar refractivity (Wildman–Crippen MR) is 80.0 cm³/mol. The van der Waals surface area contributed by atoms with Gasteiger partial charge in [0.05, 0.1) is 6.20 Å². The Bertz CT molecular complexity index is 540. The Morgan fingerprint density at radius 2 is 2.10 bits per heavy atom. The fourth-order valence-corrected chi connectivity index (χ4v) is 1.86. The minimum Gasteiger partial charge on any atom is -0.437 e. The Morgan fingerprint density at radius 3 is 2.80 bits per heavy atom. The van der Waals surface area contributed by atoms with Crippen molar-refractivity contribution in [2.75, 3.05) is 6.54 Å². The van der Waals surface area contributed by atoms with Gasteiger partial charge in [-0.25, -0.2) is 4.98 Å². The molecular formula is C16H21N3O. The minimum absolute atomic E-state index is 0.288. The number of rotatable bonds is 6. The quantitative estimate of drug-likeness (QED) is 0.871. The van der Waals surface area contributed by atoms with Crippen LogP contribution in [0.3, 0.4) is 0 Å². The van der Waals surface area contributed by atoms with Crippen molar-refractivity contribution < 1.29 is 4.74 Å². The number of nitrogens with one attached hydrogen (secondary N) is 1. The second kappa shape index (κ2) is 7.01. The van der Waals surface area contributed by atoms with Gasteiger partial charge < -0.3 is 10.1 Å². The molecule has 4 nitrogen and oxygen atoms in total. The SMILES string of the molecule is CCCNC(C)c1ccnc(Oc2ccc(C)nc2)c1. The first kappa shape index (κ1) is 14.5. The van der Waals surface area contributed by atoms with E-state index in [1.54, 1.807) is 12.4 Å². The Labute approximate surface area is 120 Å². The van der Waals surface area contributed by atoms with E-state index in [0.717, 1.165) is 18.7 Å². The summed E-state index contributed by atoms with van der Waals surface area (Å²) in [6.07, 6.45) is 4.60. The summed E-state index contributed by atoms with van der Waals surface area (Å²) >= 11 is 0. The summed E-state index contributed by atoms with van der Waals surface area (Å²) in [5.74, 6) is 1.30. The van der Waals surface area contributed by atoms with Gasteiger partial charge in [-0.3, -0.25) is 4.98 Å². The second-order valence-electron chi connectivity index (χ2n) is 4.84. The standard InChI is InChI=1S/C16H21N3O/c1-4-8-17-13(3)14-7-9-18-16(10-14)20-15-6-5-12(2)19-11-15/h5-7,9-11,13,17H,4,8H2,1-3H3. The maximum absolute atomic E-state index is 5.73. The molecule has 0 bridgehead atoms. The maximum atomic E-state index is 5.73. The third-order valence-corrected chi connectivity index (χ3v) is 3.07. The third-order valence-electron chi connectivity index (χ3n) is 3.07. The lowest BCUT2D eigenvalue weighted by molar-refractivity contribution is 0.457. The molecule has 0 aliphatic heterocycles. The first-order valence-electron chi connectivity index (χ1n) is 6.99. The Balaban J connectivity index is 2.07. The Morgan fingerprint density at radius 1 is 1.25 bits per heavy atom. The first-order valence-corrected chi connectivity index (χ1v) is 6.99. The van der Waals surface area contributed by atoms with Crippen molar-refractivity contribution in [2.45, 2.75) is 33.2 Å². The van der Waals surface area contributed by atoms with Crippen molar-refractivity contribution in [2.24, 2.45) is 0 Å². The fourth-order valence-electron chi connectivity index (χ4n) is 1.86. The molecule has 2 aromatic rings. The summed E-state index contributed by atoms with van der Waals surface area (Å²) in [5.41, 5.74) is 2.14. The highest BCUT2D eigenvalue weighted by Gasteiger charge is 2.07. The smallest absolute Gasteiger partial charge is 0.219 e. The molecule has 0 saturated carbocycles. The van der Waals surface area contributed by atoms with Crippen LogP contribution in [0.25, 0.3) is 0 Å². The van der Waals surface area contributed by atoms with Crippen molar-refractivity contribution in [1.29, 1.82) is 0 Å². The summed E-state index contributed by atoms with van der Waals surface area (Å²) in [5, 5.41) is 3.45. The summed E-state index contributed by atoms with van der Waals surface area (Å²) in [4.78, 5) is 8.45. The first-order chi connectivity index (χ1) is 9.69. The van der Waals surface area contributed by atoms with Crippen molar-refractivity contribution in [1.82, 2.24) is 15.3 Å². The Hall–Kier alpha value is -1.94. The van der Waals surface area contributed by atoms with Crippen LogP contribution in [0.1, 0.15) is 37.6 Å². The molecule has 106 valence electrons. The lowest BCUT2D eigenvalue weighted by atomic mass is 10.1. The van der Waals surface area contributed by atoms with Gasteiger partial charge >= 0.3 is 0 Å². The summed E-state index contributed by atoms with van der Waals surface area (Å²) in [6, 6.07) is 8.08. The second-order valence-corrected chi connectivity index (χ2v) is 4.84. The molecule has 0 radical (unpaired) electrons. The van der Waals surface area contributed by atoms with E-state index in [4.69, 9.17) is 4.74 Å². The van der Waals surface area contributed by atoms with E-state index >= 15 is 0 Å². The molecule has 0 spiro atoms. The normalized spacial score (nSPS) is 12.2. The molecule has 0 aliphatic rings. The summed E-state index contributed by atoms with van der Waals surface area (Å²) in [7, 11) is 0. The number of nitrogens with zero attached hydrogens (tertiary/aromatic N) is 2. The van der Waals surface area contributed by atoms with Crippen LogP contribution in [0.5, 0.6) is 11.6 Å². The van der Waals surface area contributed by atoms with Crippen molar-refractivity contribution in [3.8, 4) is 11.6 Å². The number of aromatic nitrogens is 2. The highest BCUT2D eigenvalue weighted by Crippen LogP contribution is 2.21. The van der Waals surface area contributed by atoms with E-state index in [0.29, 0.717) is 11.6 Å². The lowest BCUT2D eigenvalue weighted by Gasteiger charge is -2.14. The molecule has 0 aliphatic carbocycles. The van der Waals surface area contributed by atoms with Crippen LogP contribution in [0, 0.1) is 6.92 Å². The Kier molecular flexibility index (Phi) is 5.07. The molecule has 0 amide bonds. The molecule has 0 fully saturated rings. The zero-order valence-electron chi connectivity index (χ0n) is 12.3. The van der Waals surface area contributed by atoms with Gasteiger partial charge in [0.25, 0.3) is 0 Å². The molecular weight excluding hydrogens is 250 g/mol.